The molecule has 0 heterocycles. The van der Waals surface area contributed by atoms with E-state index in [-0.39, 0.29) is 6.92 Å². The van der Waals surface area contributed by atoms with E-state index >= 15 is 0 Å². The van der Waals surface area contributed by atoms with Crippen LogP contribution in [0.15, 0.2) is 0 Å². The van der Waals surface area contributed by atoms with Crippen molar-refractivity contribution in [2.75, 3.05) is 0 Å². The lowest BCUT2D eigenvalue weighted by Crippen LogP contribution is -2.54. The molecule has 0 aromatic heterocycles. The fourth-order valence-electron chi connectivity index (χ4n) is 0.815. The zero-order valence-corrected chi connectivity index (χ0v) is 7.05. The molecule has 0 aromatic rings. The van der Waals surface area contributed by atoms with E-state index < -0.39 is 29.1 Å². The molecule has 0 aliphatic rings. The highest BCUT2D eigenvalue weighted by atomic mass is 19.4. The van der Waals surface area contributed by atoms with Crippen LogP contribution in [0, 0.1) is 10.1 Å². The van der Waals surface area contributed by atoms with Crippen molar-refractivity contribution in [3.05, 3.63) is 10.1 Å². The molecule has 7 heteroatoms. The molecule has 1 N–H and O–H groups in total. The lowest BCUT2D eigenvalue weighted by Gasteiger charge is -2.27. The van der Waals surface area contributed by atoms with Crippen molar-refractivity contribution >= 4 is 0 Å². The van der Waals surface area contributed by atoms with Gasteiger partial charge in [-0.1, -0.05) is 6.92 Å². The van der Waals surface area contributed by atoms with Crippen molar-refractivity contribution in [2.24, 2.45) is 0 Å². The van der Waals surface area contributed by atoms with Gasteiger partial charge in [-0.2, -0.15) is 13.2 Å². The molecule has 0 aliphatic carbocycles. The molecule has 0 fully saturated rings. The summed E-state index contributed by atoms with van der Waals surface area (Å²) in [4.78, 5) is 8.87. The van der Waals surface area contributed by atoms with Crippen molar-refractivity contribution in [3.63, 3.8) is 0 Å². The maximum atomic E-state index is 12.2. The number of nitrogens with zero attached hydrogens (tertiary/aromatic N) is 1. The first kappa shape index (κ1) is 10.2. The SMILES string of the molecule is [2H]C(CC)([N+](=O)[O-])C(C)(O)C(F)(F)F. The minimum Gasteiger partial charge on any atom is -0.375 e. The summed E-state index contributed by atoms with van der Waals surface area (Å²) in [7, 11) is 0. The molecule has 0 radical (unpaired) electrons. The normalized spacial score (nSPS) is 22.8. The van der Waals surface area contributed by atoms with Gasteiger partial charge >= 0.3 is 6.18 Å². The molecule has 0 spiro atoms. The molecule has 0 saturated carbocycles. The zero-order chi connectivity index (χ0) is 11.8. The van der Waals surface area contributed by atoms with Crippen LogP contribution in [0.5, 0.6) is 0 Å². The van der Waals surface area contributed by atoms with Crippen LogP contribution < -0.4 is 0 Å². The van der Waals surface area contributed by atoms with E-state index in [1.165, 1.54) is 0 Å². The molecule has 2 atom stereocenters. The number of nitro groups is 1. The average molecular weight is 202 g/mol. The van der Waals surface area contributed by atoms with Crippen LogP contribution in [0.2, 0.25) is 0 Å². The van der Waals surface area contributed by atoms with Gasteiger partial charge in [0.2, 0.25) is 11.6 Å². The molecule has 0 saturated heterocycles. The van der Waals surface area contributed by atoms with E-state index in [0.29, 0.717) is 0 Å². The summed E-state index contributed by atoms with van der Waals surface area (Å²) in [6, 6.07) is -3.18. The van der Waals surface area contributed by atoms with Gasteiger partial charge in [-0.25, -0.2) is 0 Å². The lowest BCUT2D eigenvalue weighted by atomic mass is 9.94. The third kappa shape index (κ3) is 2.30. The van der Waals surface area contributed by atoms with Gasteiger partial charge in [0, 0.05) is 11.3 Å². The van der Waals surface area contributed by atoms with E-state index in [0.717, 1.165) is 6.92 Å². The van der Waals surface area contributed by atoms with Crippen LogP contribution in [0.25, 0.3) is 0 Å². The van der Waals surface area contributed by atoms with E-state index in [4.69, 9.17) is 6.48 Å². The molecule has 2 unspecified atom stereocenters. The zero-order valence-electron chi connectivity index (χ0n) is 8.05. The van der Waals surface area contributed by atoms with E-state index in [1.54, 1.807) is 0 Å². The molecular formula is C6H10F3NO3. The highest BCUT2D eigenvalue weighted by Gasteiger charge is 2.60. The maximum absolute atomic E-state index is 12.2. The summed E-state index contributed by atoms with van der Waals surface area (Å²) >= 11 is 0. The number of rotatable bonds is 3. The van der Waals surface area contributed by atoms with Gasteiger partial charge in [-0.3, -0.25) is 10.1 Å². The first-order valence-electron chi connectivity index (χ1n) is 3.94. The second-order valence-electron chi connectivity index (χ2n) is 2.63. The highest BCUT2D eigenvalue weighted by Crippen LogP contribution is 2.34. The third-order valence-electron chi connectivity index (χ3n) is 1.67. The van der Waals surface area contributed by atoms with Gasteiger partial charge in [0.1, 0.15) is 1.37 Å². The summed E-state index contributed by atoms with van der Waals surface area (Å²) in [5.74, 6) is 0. The maximum Gasteiger partial charge on any atom is 0.423 e. The van der Waals surface area contributed by atoms with Crippen LogP contribution >= 0.6 is 0 Å². The van der Waals surface area contributed by atoms with Crippen LogP contribution in [0.3, 0.4) is 0 Å². The van der Waals surface area contributed by atoms with Crippen molar-refractivity contribution < 1.29 is 24.6 Å². The molecule has 0 rings (SSSR count). The first-order chi connectivity index (χ1) is 6.00. The smallest absolute Gasteiger partial charge is 0.375 e. The predicted molar refractivity (Wildman–Crippen MR) is 37.8 cm³/mol. The minimum atomic E-state index is -5.21. The quantitative estimate of drug-likeness (QED) is 0.555. The summed E-state index contributed by atoms with van der Waals surface area (Å²) < 4.78 is 43.6. The number of hydrogen-bond donors (Lipinski definition) is 1. The van der Waals surface area contributed by atoms with Crippen molar-refractivity contribution in [1.82, 2.24) is 0 Å². The number of aliphatic hydroxyl groups is 1. The van der Waals surface area contributed by atoms with Crippen LogP contribution in [-0.4, -0.2) is 27.8 Å². The molecule has 4 nitrogen and oxygen atoms in total. The third-order valence-corrected chi connectivity index (χ3v) is 1.67. The number of halogens is 3. The number of alkyl halides is 3. The fourth-order valence-corrected chi connectivity index (χ4v) is 0.815. The van der Waals surface area contributed by atoms with E-state index in [2.05, 4.69) is 0 Å². The van der Waals surface area contributed by atoms with Crippen LogP contribution in [-0.2, 0) is 0 Å². The summed E-state index contributed by atoms with van der Waals surface area (Å²) in [5.41, 5.74) is -3.67. The van der Waals surface area contributed by atoms with Crippen LogP contribution in [0.1, 0.15) is 21.6 Å². The molecule has 0 bridgehead atoms. The Balaban J connectivity index is 5.34. The molecule has 78 valence electrons. The summed E-state index contributed by atoms with van der Waals surface area (Å²) in [6.07, 6.45) is -5.95. The Bertz CT molecular complexity index is 243. The Kier molecular flexibility index (Phi) is 2.74. The average Bonchev–Trinajstić information content (AvgIpc) is 2.00. The predicted octanol–water partition coefficient (Wildman–Crippen LogP) is 1.35. The van der Waals surface area contributed by atoms with E-state index in [1.807, 2.05) is 0 Å². The largest absolute Gasteiger partial charge is 0.423 e. The van der Waals surface area contributed by atoms with Crippen molar-refractivity contribution in [2.45, 2.75) is 38.1 Å². The first-order valence-corrected chi connectivity index (χ1v) is 3.44. The molecule has 13 heavy (non-hydrogen) atoms. The van der Waals surface area contributed by atoms with Gasteiger partial charge in [-0.05, 0) is 6.92 Å². The standard InChI is InChI=1S/C6H10F3NO3/c1-3-4(10(12)13)5(2,11)6(7,8)9/h4,11H,3H2,1-2H3/i4D. The Morgan fingerprint density at radius 1 is 1.69 bits per heavy atom. The Labute approximate surface area is 73.9 Å². The van der Waals surface area contributed by atoms with E-state index in [9.17, 15) is 23.3 Å². The van der Waals surface area contributed by atoms with Crippen molar-refractivity contribution in [1.29, 1.82) is 0 Å². The second kappa shape index (κ2) is 3.49. The lowest BCUT2D eigenvalue weighted by molar-refractivity contribution is -0.558. The fraction of sp³-hybridized carbons (Fsp3) is 1.00. The van der Waals surface area contributed by atoms with Gasteiger partial charge in [0.05, 0.1) is 0 Å². The van der Waals surface area contributed by atoms with Gasteiger partial charge in [0.25, 0.3) is 0 Å². The summed E-state index contributed by atoms with van der Waals surface area (Å²) in [6.45, 7) is 1.27. The van der Waals surface area contributed by atoms with Crippen molar-refractivity contribution in [3.8, 4) is 0 Å². The summed E-state index contributed by atoms with van der Waals surface area (Å²) in [5, 5.41) is 19.3. The molecule has 0 amide bonds. The monoisotopic (exact) mass is 202 g/mol. The number of hydrogen-bond acceptors (Lipinski definition) is 3. The molecule has 0 aromatic carbocycles. The molecule has 0 aliphatic heterocycles. The van der Waals surface area contributed by atoms with Gasteiger partial charge in [0.15, 0.2) is 0 Å². The van der Waals surface area contributed by atoms with Crippen LogP contribution in [0.4, 0.5) is 13.2 Å². The molecular weight excluding hydrogens is 191 g/mol. The highest BCUT2D eigenvalue weighted by molar-refractivity contribution is 4.88. The minimum absolute atomic E-state index is 0.228. The van der Waals surface area contributed by atoms with Gasteiger partial charge in [-0.15, -0.1) is 0 Å². The topological polar surface area (TPSA) is 63.4 Å². The Morgan fingerprint density at radius 3 is 2.15 bits per heavy atom. The Morgan fingerprint density at radius 2 is 2.08 bits per heavy atom. The van der Waals surface area contributed by atoms with Gasteiger partial charge < -0.3 is 5.11 Å². The second-order valence-corrected chi connectivity index (χ2v) is 2.63. The Hall–Kier alpha value is -0.850.